The number of carbonyl (C=O) groups excluding carboxylic acids is 2. The molecule has 8 heteroatoms. The molecule has 0 saturated carbocycles. The lowest BCUT2D eigenvalue weighted by molar-refractivity contribution is -0.118. The Hall–Kier alpha value is -2.48. The molecular weight excluding hydrogens is 304 g/mol. The number of aromatic nitrogens is 2. The first-order valence-corrected chi connectivity index (χ1v) is 7.42. The molecule has 0 atom stereocenters. The van der Waals surface area contributed by atoms with E-state index in [2.05, 4.69) is 20.2 Å². The van der Waals surface area contributed by atoms with Crippen LogP contribution in [0.4, 0.5) is 11.4 Å². The van der Waals surface area contributed by atoms with E-state index < -0.39 is 0 Å². The number of ether oxygens (including phenoxy) is 1. The number of nitrogens with zero attached hydrogens (tertiary/aromatic N) is 2. The molecule has 0 spiro atoms. The summed E-state index contributed by atoms with van der Waals surface area (Å²) in [6.07, 6.45) is 0. The second-order valence-corrected chi connectivity index (χ2v) is 5.41. The van der Waals surface area contributed by atoms with Crippen LogP contribution in [-0.2, 0) is 4.79 Å². The Kier molecular flexibility index (Phi) is 5.05. The van der Waals surface area contributed by atoms with Gasteiger partial charge in [-0.05, 0) is 23.7 Å². The minimum absolute atomic E-state index is 0.154. The molecule has 0 radical (unpaired) electrons. The molecule has 0 fully saturated rings. The van der Waals surface area contributed by atoms with Crippen molar-refractivity contribution in [3.8, 4) is 5.75 Å². The van der Waals surface area contributed by atoms with E-state index in [1.54, 1.807) is 37.4 Å². The van der Waals surface area contributed by atoms with Gasteiger partial charge in [0.15, 0.2) is 5.69 Å². The van der Waals surface area contributed by atoms with Crippen molar-refractivity contribution in [2.24, 2.45) is 5.92 Å². The van der Waals surface area contributed by atoms with Crippen LogP contribution in [0.2, 0.25) is 0 Å². The second kappa shape index (κ2) is 6.99. The van der Waals surface area contributed by atoms with Crippen LogP contribution < -0.4 is 15.4 Å². The Bertz CT molecular complexity index is 671. The van der Waals surface area contributed by atoms with E-state index in [1.165, 1.54) is 7.11 Å². The Morgan fingerprint density at radius 3 is 2.59 bits per heavy atom. The summed E-state index contributed by atoms with van der Waals surface area (Å²) in [5, 5.41) is 10.7. The molecule has 1 aromatic carbocycles. The highest BCUT2D eigenvalue weighted by Crippen LogP contribution is 2.28. The molecule has 0 aliphatic heterocycles. The van der Waals surface area contributed by atoms with Crippen molar-refractivity contribution in [1.29, 1.82) is 0 Å². The van der Waals surface area contributed by atoms with E-state index in [-0.39, 0.29) is 23.4 Å². The molecular formula is C14H16N4O3S. The fraction of sp³-hybridized carbons (Fsp3) is 0.286. The first-order valence-electron chi connectivity index (χ1n) is 6.58. The summed E-state index contributed by atoms with van der Waals surface area (Å²) in [7, 11) is 1.53. The summed E-state index contributed by atoms with van der Waals surface area (Å²) in [5.74, 6) is -0.150. The molecule has 2 amide bonds. The van der Waals surface area contributed by atoms with E-state index in [9.17, 15) is 9.59 Å². The van der Waals surface area contributed by atoms with Crippen LogP contribution in [0.15, 0.2) is 23.6 Å². The summed E-state index contributed by atoms with van der Waals surface area (Å²) in [4.78, 5) is 23.9. The Morgan fingerprint density at radius 1 is 1.23 bits per heavy atom. The predicted octanol–water partition coefficient (Wildman–Crippen LogP) is 2.39. The average Bonchev–Trinajstić information content (AvgIpc) is 3.03. The lowest BCUT2D eigenvalue weighted by Crippen LogP contribution is -2.20. The van der Waals surface area contributed by atoms with Crippen molar-refractivity contribution < 1.29 is 14.3 Å². The molecule has 1 heterocycles. The van der Waals surface area contributed by atoms with E-state index in [0.717, 1.165) is 11.5 Å². The predicted molar refractivity (Wildman–Crippen MR) is 84.3 cm³/mol. The standard InChI is InChI=1S/C14H16N4O3S/c1-8(2)13(19)16-11-6-9(21-3)4-5-10(11)15-14(20)12-7-22-18-17-12/h4-8H,1-3H3,(H,15,20)(H,16,19). The van der Waals surface area contributed by atoms with E-state index in [1.807, 2.05) is 0 Å². The summed E-state index contributed by atoms with van der Waals surface area (Å²) in [6, 6.07) is 5.00. The van der Waals surface area contributed by atoms with Crippen LogP contribution >= 0.6 is 11.5 Å². The van der Waals surface area contributed by atoms with Crippen LogP contribution in [0.25, 0.3) is 0 Å². The SMILES string of the molecule is COc1ccc(NC(=O)c2csnn2)c(NC(=O)C(C)C)c1. The number of hydrogen-bond donors (Lipinski definition) is 2. The zero-order chi connectivity index (χ0) is 16.1. The highest BCUT2D eigenvalue weighted by atomic mass is 32.1. The number of methoxy groups -OCH3 is 1. The van der Waals surface area contributed by atoms with Crippen molar-refractivity contribution >= 4 is 34.7 Å². The average molecular weight is 320 g/mol. The molecule has 22 heavy (non-hydrogen) atoms. The van der Waals surface area contributed by atoms with Crippen LogP contribution in [0, 0.1) is 5.92 Å². The molecule has 0 aliphatic carbocycles. The zero-order valence-electron chi connectivity index (χ0n) is 12.4. The van der Waals surface area contributed by atoms with Gasteiger partial charge in [-0.1, -0.05) is 18.3 Å². The zero-order valence-corrected chi connectivity index (χ0v) is 13.2. The summed E-state index contributed by atoms with van der Waals surface area (Å²) in [6.45, 7) is 3.57. The van der Waals surface area contributed by atoms with Gasteiger partial charge in [-0.15, -0.1) is 5.10 Å². The van der Waals surface area contributed by atoms with Crippen LogP contribution in [-0.4, -0.2) is 28.5 Å². The minimum Gasteiger partial charge on any atom is -0.497 e. The van der Waals surface area contributed by atoms with Gasteiger partial charge in [-0.3, -0.25) is 9.59 Å². The Morgan fingerprint density at radius 2 is 2.00 bits per heavy atom. The first kappa shape index (κ1) is 15.9. The number of hydrogen-bond acceptors (Lipinski definition) is 6. The van der Waals surface area contributed by atoms with Crippen molar-refractivity contribution in [3.05, 3.63) is 29.3 Å². The van der Waals surface area contributed by atoms with Crippen LogP contribution in [0.1, 0.15) is 24.3 Å². The molecule has 0 saturated heterocycles. The highest BCUT2D eigenvalue weighted by Gasteiger charge is 2.15. The van der Waals surface area contributed by atoms with Crippen molar-refractivity contribution in [2.75, 3.05) is 17.7 Å². The Labute approximate surface area is 131 Å². The highest BCUT2D eigenvalue weighted by molar-refractivity contribution is 7.03. The van der Waals surface area contributed by atoms with Crippen molar-refractivity contribution in [2.45, 2.75) is 13.8 Å². The third kappa shape index (κ3) is 3.79. The number of carbonyl (C=O) groups is 2. The quantitative estimate of drug-likeness (QED) is 0.882. The monoisotopic (exact) mass is 320 g/mol. The lowest BCUT2D eigenvalue weighted by Gasteiger charge is -2.14. The smallest absolute Gasteiger partial charge is 0.277 e. The van der Waals surface area contributed by atoms with E-state index >= 15 is 0 Å². The fourth-order valence-corrected chi connectivity index (χ4v) is 2.03. The normalized spacial score (nSPS) is 10.4. The maximum Gasteiger partial charge on any atom is 0.277 e. The molecule has 2 aromatic rings. The van der Waals surface area contributed by atoms with Gasteiger partial charge >= 0.3 is 0 Å². The van der Waals surface area contributed by atoms with Crippen molar-refractivity contribution in [3.63, 3.8) is 0 Å². The number of benzene rings is 1. The van der Waals surface area contributed by atoms with Crippen LogP contribution in [0.5, 0.6) is 5.75 Å². The largest absolute Gasteiger partial charge is 0.497 e. The van der Waals surface area contributed by atoms with E-state index in [4.69, 9.17) is 4.74 Å². The second-order valence-electron chi connectivity index (χ2n) is 4.80. The van der Waals surface area contributed by atoms with Gasteiger partial charge in [0.1, 0.15) is 5.75 Å². The van der Waals surface area contributed by atoms with Gasteiger partial charge in [0.25, 0.3) is 5.91 Å². The maximum absolute atomic E-state index is 12.1. The maximum atomic E-state index is 12.1. The molecule has 0 bridgehead atoms. The molecule has 0 aliphatic rings. The summed E-state index contributed by atoms with van der Waals surface area (Å²) in [5.41, 5.74) is 1.16. The number of rotatable bonds is 5. The molecule has 2 rings (SSSR count). The summed E-state index contributed by atoms with van der Waals surface area (Å²) < 4.78 is 8.79. The van der Waals surface area contributed by atoms with Crippen molar-refractivity contribution in [1.82, 2.24) is 9.59 Å². The Balaban J connectivity index is 2.25. The molecule has 116 valence electrons. The third-order valence-corrected chi connectivity index (χ3v) is 3.35. The van der Waals surface area contributed by atoms with Gasteiger partial charge in [-0.2, -0.15) is 0 Å². The molecule has 0 unspecified atom stereocenters. The van der Waals surface area contributed by atoms with E-state index in [0.29, 0.717) is 17.1 Å². The molecule has 7 nitrogen and oxygen atoms in total. The van der Waals surface area contributed by atoms with Gasteiger partial charge in [0.2, 0.25) is 5.91 Å². The van der Waals surface area contributed by atoms with Gasteiger partial charge in [0.05, 0.1) is 18.5 Å². The van der Waals surface area contributed by atoms with Gasteiger partial charge < -0.3 is 15.4 Å². The van der Waals surface area contributed by atoms with Crippen LogP contribution in [0.3, 0.4) is 0 Å². The number of amides is 2. The first-order chi connectivity index (χ1) is 10.5. The molecule has 1 aromatic heterocycles. The summed E-state index contributed by atoms with van der Waals surface area (Å²) >= 11 is 1.09. The minimum atomic E-state index is -0.390. The fourth-order valence-electron chi connectivity index (χ4n) is 1.59. The van der Waals surface area contributed by atoms with Gasteiger partial charge in [0, 0.05) is 17.4 Å². The number of anilines is 2. The number of nitrogens with one attached hydrogen (secondary N) is 2. The van der Waals surface area contributed by atoms with Gasteiger partial charge in [-0.25, -0.2) is 0 Å². The third-order valence-electron chi connectivity index (χ3n) is 2.85. The molecule has 2 N–H and O–H groups in total. The lowest BCUT2D eigenvalue weighted by atomic mass is 10.2. The topological polar surface area (TPSA) is 93.2 Å².